The molecular weight excluding hydrogens is 252 g/mol. The van der Waals surface area contributed by atoms with Gasteiger partial charge >= 0.3 is 5.97 Å². The molecule has 0 aliphatic heterocycles. The minimum absolute atomic E-state index is 0.119. The molecule has 0 saturated heterocycles. The molecule has 0 aromatic carbocycles. The van der Waals surface area contributed by atoms with Crippen molar-refractivity contribution in [3.05, 3.63) is 11.4 Å². The van der Waals surface area contributed by atoms with Crippen LogP contribution in [0, 0.1) is 0 Å². The van der Waals surface area contributed by atoms with E-state index in [0.717, 1.165) is 0 Å². The zero-order chi connectivity index (χ0) is 14.3. The molecular formula is C11H18N4O4. The summed E-state index contributed by atoms with van der Waals surface area (Å²) in [6.07, 6.45) is 0.494. The molecule has 1 amide bonds. The molecule has 1 N–H and O–H groups in total. The topological polar surface area (TPSA) is 95.3 Å². The third kappa shape index (κ3) is 4.32. The molecule has 0 spiro atoms. The number of aromatic nitrogens is 3. The molecule has 1 rings (SSSR count). The Kier molecular flexibility index (Phi) is 5.94. The Labute approximate surface area is 111 Å². The molecule has 1 heterocycles. The van der Waals surface area contributed by atoms with Crippen molar-refractivity contribution in [2.45, 2.75) is 19.9 Å². The maximum absolute atomic E-state index is 11.5. The Balaban J connectivity index is 2.81. The molecule has 0 bridgehead atoms. The Morgan fingerprint density at radius 1 is 1.37 bits per heavy atom. The molecule has 0 unspecified atom stereocenters. The first-order valence-electron chi connectivity index (χ1n) is 5.84. The van der Waals surface area contributed by atoms with Crippen LogP contribution in [0.5, 0.6) is 0 Å². The van der Waals surface area contributed by atoms with Gasteiger partial charge in [-0.3, -0.25) is 4.79 Å². The fourth-order valence-corrected chi connectivity index (χ4v) is 1.55. The van der Waals surface area contributed by atoms with E-state index in [-0.39, 0.29) is 11.6 Å². The van der Waals surface area contributed by atoms with Gasteiger partial charge in [0.2, 0.25) is 5.91 Å². The van der Waals surface area contributed by atoms with Crippen LogP contribution >= 0.6 is 0 Å². The van der Waals surface area contributed by atoms with Gasteiger partial charge in [-0.15, -0.1) is 5.10 Å². The van der Waals surface area contributed by atoms with Gasteiger partial charge in [0.1, 0.15) is 0 Å². The highest BCUT2D eigenvalue weighted by molar-refractivity contribution is 5.88. The zero-order valence-corrected chi connectivity index (χ0v) is 11.3. The number of carbonyl (C=O) groups excluding carboxylic acids is 2. The van der Waals surface area contributed by atoms with Crippen LogP contribution in [-0.4, -0.2) is 54.2 Å². The lowest BCUT2D eigenvalue weighted by Crippen LogP contribution is -2.25. The molecule has 0 atom stereocenters. The first-order valence-corrected chi connectivity index (χ1v) is 5.84. The predicted octanol–water partition coefficient (Wildman–Crippen LogP) is -0.610. The van der Waals surface area contributed by atoms with Gasteiger partial charge < -0.3 is 14.8 Å². The minimum atomic E-state index is -0.531. The van der Waals surface area contributed by atoms with Gasteiger partial charge in [-0.05, 0) is 0 Å². The minimum Gasteiger partial charge on any atom is -0.464 e. The van der Waals surface area contributed by atoms with E-state index in [2.05, 4.69) is 20.4 Å². The Morgan fingerprint density at radius 2 is 2.11 bits per heavy atom. The van der Waals surface area contributed by atoms with E-state index in [1.165, 1.54) is 14.0 Å². The molecule has 0 fully saturated rings. The molecule has 0 aliphatic rings. The van der Waals surface area contributed by atoms with Crippen molar-refractivity contribution in [1.82, 2.24) is 20.3 Å². The predicted molar refractivity (Wildman–Crippen MR) is 65.6 cm³/mol. The first-order chi connectivity index (χ1) is 9.10. The van der Waals surface area contributed by atoms with Crippen LogP contribution in [0.15, 0.2) is 0 Å². The van der Waals surface area contributed by atoms with Crippen LogP contribution in [0.25, 0.3) is 0 Å². The molecule has 106 valence electrons. The second kappa shape index (κ2) is 7.47. The lowest BCUT2D eigenvalue weighted by atomic mass is 10.2. The number of esters is 1. The molecule has 1 aromatic rings. The maximum Gasteiger partial charge on any atom is 0.360 e. The first kappa shape index (κ1) is 15.1. The van der Waals surface area contributed by atoms with Crippen LogP contribution in [-0.2, 0) is 27.2 Å². The van der Waals surface area contributed by atoms with Crippen LogP contribution in [0.2, 0.25) is 0 Å². The Bertz CT molecular complexity index is 444. The average molecular weight is 270 g/mol. The van der Waals surface area contributed by atoms with Gasteiger partial charge in [-0.1, -0.05) is 5.21 Å². The lowest BCUT2D eigenvalue weighted by molar-refractivity contribution is -0.119. The van der Waals surface area contributed by atoms with Crippen LogP contribution < -0.4 is 5.32 Å². The van der Waals surface area contributed by atoms with Gasteiger partial charge in [-0.2, -0.15) is 0 Å². The molecule has 8 heteroatoms. The summed E-state index contributed by atoms with van der Waals surface area (Å²) in [6.45, 7) is 2.73. The number of hydrogen-bond acceptors (Lipinski definition) is 6. The quantitative estimate of drug-likeness (QED) is 0.664. The van der Waals surface area contributed by atoms with Gasteiger partial charge in [0.15, 0.2) is 5.69 Å². The normalized spacial score (nSPS) is 10.3. The van der Waals surface area contributed by atoms with E-state index >= 15 is 0 Å². The summed E-state index contributed by atoms with van der Waals surface area (Å²) in [5, 5.41) is 10.4. The van der Waals surface area contributed by atoms with Gasteiger partial charge in [0.25, 0.3) is 0 Å². The molecule has 0 radical (unpaired) electrons. The molecule has 0 aliphatic carbocycles. The molecule has 1 aromatic heterocycles. The number of ether oxygens (including phenoxy) is 2. The fraction of sp³-hybridized carbons (Fsp3) is 0.636. The SMILES string of the molecule is COCCc1c(C(=O)OC)nnn1CCNC(C)=O. The fourth-order valence-electron chi connectivity index (χ4n) is 1.55. The van der Waals surface area contributed by atoms with E-state index in [9.17, 15) is 9.59 Å². The van der Waals surface area contributed by atoms with E-state index in [1.54, 1.807) is 11.8 Å². The zero-order valence-electron chi connectivity index (χ0n) is 11.3. The van der Waals surface area contributed by atoms with E-state index in [4.69, 9.17) is 4.74 Å². The molecule has 19 heavy (non-hydrogen) atoms. The number of nitrogens with zero attached hydrogens (tertiary/aromatic N) is 3. The summed E-state index contributed by atoms with van der Waals surface area (Å²) in [5.74, 6) is -0.649. The van der Waals surface area contributed by atoms with Crippen molar-refractivity contribution < 1.29 is 19.1 Å². The van der Waals surface area contributed by atoms with Crippen LogP contribution in [0.1, 0.15) is 23.1 Å². The summed E-state index contributed by atoms with van der Waals surface area (Å²) >= 11 is 0. The number of amides is 1. The van der Waals surface area contributed by atoms with E-state index in [0.29, 0.717) is 31.8 Å². The summed E-state index contributed by atoms with van der Waals surface area (Å²) in [6, 6.07) is 0. The van der Waals surface area contributed by atoms with Gasteiger partial charge in [-0.25, -0.2) is 9.48 Å². The standard InChI is InChI=1S/C11H18N4O4/c1-8(16)12-5-6-15-9(4-7-18-2)10(13-14-15)11(17)19-3/h4-7H2,1-3H3,(H,12,16). The lowest BCUT2D eigenvalue weighted by Gasteiger charge is -2.07. The largest absolute Gasteiger partial charge is 0.464 e. The summed E-state index contributed by atoms with van der Waals surface area (Å²) in [4.78, 5) is 22.3. The number of hydrogen-bond donors (Lipinski definition) is 1. The van der Waals surface area contributed by atoms with Gasteiger partial charge in [0.05, 0.1) is 26.0 Å². The summed E-state index contributed by atoms with van der Waals surface area (Å²) in [7, 11) is 2.86. The highest BCUT2D eigenvalue weighted by Gasteiger charge is 2.19. The number of carbonyl (C=O) groups is 2. The summed E-state index contributed by atoms with van der Waals surface area (Å²) in [5.41, 5.74) is 0.821. The number of nitrogens with one attached hydrogen (secondary N) is 1. The Hall–Kier alpha value is -1.96. The maximum atomic E-state index is 11.5. The van der Waals surface area contributed by atoms with Crippen molar-refractivity contribution in [2.75, 3.05) is 27.4 Å². The van der Waals surface area contributed by atoms with E-state index < -0.39 is 5.97 Å². The monoisotopic (exact) mass is 270 g/mol. The second-order valence-electron chi connectivity index (χ2n) is 3.83. The smallest absolute Gasteiger partial charge is 0.360 e. The Morgan fingerprint density at radius 3 is 2.68 bits per heavy atom. The van der Waals surface area contributed by atoms with E-state index in [1.807, 2.05) is 0 Å². The van der Waals surface area contributed by atoms with Crippen molar-refractivity contribution >= 4 is 11.9 Å². The van der Waals surface area contributed by atoms with Crippen LogP contribution in [0.4, 0.5) is 0 Å². The number of methoxy groups -OCH3 is 2. The second-order valence-corrected chi connectivity index (χ2v) is 3.83. The highest BCUT2D eigenvalue weighted by Crippen LogP contribution is 2.08. The summed E-state index contributed by atoms with van der Waals surface area (Å²) < 4.78 is 11.2. The third-order valence-electron chi connectivity index (χ3n) is 2.46. The van der Waals surface area contributed by atoms with Gasteiger partial charge in [0, 0.05) is 27.0 Å². The van der Waals surface area contributed by atoms with Crippen molar-refractivity contribution in [1.29, 1.82) is 0 Å². The van der Waals surface area contributed by atoms with Crippen LogP contribution in [0.3, 0.4) is 0 Å². The molecule has 8 nitrogen and oxygen atoms in total. The van der Waals surface area contributed by atoms with Crippen molar-refractivity contribution in [3.8, 4) is 0 Å². The van der Waals surface area contributed by atoms with Crippen molar-refractivity contribution in [3.63, 3.8) is 0 Å². The van der Waals surface area contributed by atoms with Crippen molar-refractivity contribution in [2.24, 2.45) is 0 Å². The third-order valence-corrected chi connectivity index (χ3v) is 2.46. The molecule has 0 saturated carbocycles. The highest BCUT2D eigenvalue weighted by atomic mass is 16.5. The average Bonchev–Trinajstić information content (AvgIpc) is 2.78. The number of rotatable bonds is 7.